The van der Waals surface area contributed by atoms with Gasteiger partial charge >= 0.3 is 0 Å². The van der Waals surface area contributed by atoms with Crippen LogP contribution in [0, 0.1) is 41.5 Å². The fourth-order valence-electron chi connectivity index (χ4n) is 12.9. The van der Waals surface area contributed by atoms with Crippen LogP contribution in [0.5, 0.6) is 0 Å². The number of hydrogen-bond acceptors (Lipinski definition) is 0. The Balaban J connectivity index is 0.000000550. The summed E-state index contributed by atoms with van der Waals surface area (Å²) < 4.78 is 0. The number of benzene rings is 6. The van der Waals surface area contributed by atoms with Crippen molar-refractivity contribution in [3.63, 3.8) is 0 Å². The third kappa shape index (κ3) is 23.3. The maximum atomic E-state index is 2.50. The number of aryl methyl sites for hydroxylation is 5. The van der Waals surface area contributed by atoms with Gasteiger partial charge in [0.25, 0.3) is 0 Å². The fourth-order valence-corrected chi connectivity index (χ4v) is 12.9. The maximum absolute atomic E-state index is 2.50. The summed E-state index contributed by atoms with van der Waals surface area (Å²) >= 11 is 0. The topological polar surface area (TPSA) is 0 Å². The van der Waals surface area contributed by atoms with Crippen LogP contribution in [-0.2, 0) is 43.3 Å². The Bertz CT molecular complexity index is 2910. The van der Waals surface area contributed by atoms with E-state index in [-0.39, 0.29) is 5.41 Å². The van der Waals surface area contributed by atoms with Gasteiger partial charge in [-0.15, -0.1) is 0 Å². The Hall–Kier alpha value is -4.68. The van der Waals surface area contributed by atoms with Crippen molar-refractivity contribution >= 4 is 0 Å². The molecule has 0 bridgehead atoms. The molecule has 91 heavy (non-hydrogen) atoms. The molecule has 0 N–H and O–H groups in total. The van der Waals surface area contributed by atoms with Crippen LogP contribution in [-0.4, -0.2) is 0 Å². The van der Waals surface area contributed by atoms with Crippen molar-refractivity contribution in [2.75, 3.05) is 0 Å². The fraction of sp³-hybridized carbons (Fsp3) is 0.604. The average Bonchev–Trinajstić information content (AvgIpc) is 0.811. The molecular formula is C91H146. The molecule has 0 saturated heterocycles. The minimum atomic E-state index is 0.260. The summed E-state index contributed by atoms with van der Waals surface area (Å²) in [4.78, 5) is 0. The Morgan fingerprint density at radius 1 is 0.253 bits per heavy atom. The molecule has 0 saturated carbocycles. The Morgan fingerprint density at radius 3 is 0.967 bits per heavy atom. The summed E-state index contributed by atoms with van der Waals surface area (Å²) in [5.74, 6) is 0.621. The molecule has 0 heteroatoms. The van der Waals surface area contributed by atoms with Gasteiger partial charge in [0.05, 0.1) is 0 Å². The zero-order valence-electron chi connectivity index (χ0n) is 66.1. The standard InChI is InChI=1S/2C19H32.C14H22.3C13H20/c1-8-18(6,9-2)16-13-12-15(5)17(14-16)19(7,10-3)11-4;1-8-18(6,9-2)16-13-12-14-17(15(16)5)19(7,10-3)11-4;1-10(2)12-7-11(3)8-13(9-12)14(4,5)6;1-5-13(4,6-2)12-9-7-11(3)8-10-12;1-5-13(4,6-2)12-9-7-8-11(3)10-12;1-5-13(4,6-2)12-10-8-7-9-11(12)3/h2*12-14H,8-11H2,1-7H3;7-10H,1-6H3;3*7-10H,5-6H2,1-4H3. The smallest absolute Gasteiger partial charge is 0.00778 e. The second-order valence-electron chi connectivity index (χ2n) is 31.0. The maximum Gasteiger partial charge on any atom is -0.00778 e. The van der Waals surface area contributed by atoms with Crippen LogP contribution in [0.3, 0.4) is 0 Å². The molecule has 0 amide bonds. The normalized spacial score (nSPS) is 12.2. The predicted octanol–water partition coefficient (Wildman–Crippen LogP) is 28.9. The second-order valence-corrected chi connectivity index (χ2v) is 31.0. The van der Waals surface area contributed by atoms with Gasteiger partial charge in [-0.1, -0.05) is 324 Å². The molecule has 0 fully saturated rings. The van der Waals surface area contributed by atoms with Crippen LogP contribution in [0.15, 0.2) is 127 Å². The second kappa shape index (κ2) is 38.0. The van der Waals surface area contributed by atoms with Crippen LogP contribution >= 0.6 is 0 Å². The Morgan fingerprint density at radius 2 is 0.582 bits per heavy atom. The highest BCUT2D eigenvalue weighted by Gasteiger charge is 2.32. The zero-order valence-corrected chi connectivity index (χ0v) is 66.1. The van der Waals surface area contributed by atoms with E-state index in [4.69, 9.17) is 0 Å². The zero-order chi connectivity index (χ0) is 70.0. The molecule has 0 nitrogen and oxygen atoms in total. The van der Waals surface area contributed by atoms with E-state index in [0.717, 1.165) is 0 Å². The first-order chi connectivity index (χ1) is 42.4. The SMILES string of the molecule is CCC(C)(CC)c1ccc(C)c(C(C)(CC)CC)c1.CCC(C)(CC)c1ccc(C)cc1.CCC(C)(CC)c1cccc(C(C)(CC)CC)c1C.CCC(C)(CC)c1cccc(C)c1.CCC(C)(CC)c1ccccc1C.Cc1cc(C(C)C)cc(C(C)(C)C)c1. The Kier molecular flexibility index (Phi) is 35.2. The third-order valence-corrected chi connectivity index (χ3v) is 24.0. The molecule has 0 aliphatic rings. The minimum absolute atomic E-state index is 0.260. The highest BCUT2D eigenvalue weighted by atomic mass is 14.4. The highest BCUT2D eigenvalue weighted by molar-refractivity contribution is 5.44. The van der Waals surface area contributed by atoms with Crippen LogP contribution in [0.1, 0.15) is 359 Å². The summed E-state index contributed by atoms with van der Waals surface area (Å²) in [5.41, 5.74) is 24.7. The molecule has 0 spiro atoms. The van der Waals surface area contributed by atoms with Gasteiger partial charge in [-0.2, -0.15) is 0 Å². The first kappa shape index (κ1) is 84.3. The molecule has 0 radical (unpaired) electrons. The van der Waals surface area contributed by atoms with E-state index < -0.39 is 0 Å². The lowest BCUT2D eigenvalue weighted by Gasteiger charge is -2.35. The van der Waals surface area contributed by atoms with E-state index in [1.165, 1.54) is 157 Å². The average molecular weight is 1240 g/mol. The van der Waals surface area contributed by atoms with E-state index in [1.807, 2.05) is 0 Å². The first-order valence-corrected chi connectivity index (χ1v) is 37.0. The van der Waals surface area contributed by atoms with Crippen molar-refractivity contribution in [2.45, 2.75) is 361 Å². The molecule has 0 aliphatic carbocycles. The lowest BCUT2D eigenvalue weighted by atomic mass is 9.70. The summed E-state index contributed by atoms with van der Waals surface area (Å²) in [6, 6.07) is 47.6. The van der Waals surface area contributed by atoms with Gasteiger partial charge in [0.15, 0.2) is 0 Å². The number of hydrogen-bond donors (Lipinski definition) is 0. The van der Waals surface area contributed by atoms with Crippen LogP contribution in [0.25, 0.3) is 0 Å². The largest absolute Gasteiger partial charge is 0.0645 e. The molecule has 510 valence electrons. The Labute approximate surface area is 568 Å². The lowest BCUT2D eigenvalue weighted by Crippen LogP contribution is -2.26. The quantitative estimate of drug-likeness (QED) is 0.0635. The summed E-state index contributed by atoms with van der Waals surface area (Å²) in [6.07, 6.45) is 17.0. The van der Waals surface area contributed by atoms with Gasteiger partial charge in [0, 0.05) is 0 Å². The molecule has 6 aromatic carbocycles. The first-order valence-electron chi connectivity index (χ1n) is 37.0. The monoisotopic (exact) mass is 1240 g/mol. The van der Waals surface area contributed by atoms with Crippen molar-refractivity contribution in [3.05, 3.63) is 211 Å². The minimum Gasteiger partial charge on any atom is -0.0645 e. The third-order valence-electron chi connectivity index (χ3n) is 24.0. The van der Waals surface area contributed by atoms with E-state index in [2.05, 4.69) is 349 Å². The highest BCUT2D eigenvalue weighted by Crippen LogP contribution is 2.42. The van der Waals surface area contributed by atoms with Gasteiger partial charge < -0.3 is 0 Å². The van der Waals surface area contributed by atoms with Crippen molar-refractivity contribution in [1.29, 1.82) is 0 Å². The van der Waals surface area contributed by atoms with Crippen molar-refractivity contribution in [2.24, 2.45) is 0 Å². The van der Waals surface area contributed by atoms with Crippen molar-refractivity contribution in [3.8, 4) is 0 Å². The molecule has 0 unspecified atom stereocenters. The van der Waals surface area contributed by atoms with Gasteiger partial charge in [-0.3, -0.25) is 0 Å². The summed E-state index contributed by atoms with van der Waals surface area (Å²) in [6.45, 7) is 73.4. The number of rotatable bonds is 22. The molecule has 0 atom stereocenters. The lowest BCUT2D eigenvalue weighted by molar-refractivity contribution is 0.419. The van der Waals surface area contributed by atoms with Crippen molar-refractivity contribution in [1.82, 2.24) is 0 Å². The van der Waals surface area contributed by atoms with E-state index >= 15 is 0 Å². The van der Waals surface area contributed by atoms with Gasteiger partial charge in [0.1, 0.15) is 0 Å². The van der Waals surface area contributed by atoms with Crippen molar-refractivity contribution < 1.29 is 0 Å². The molecular weight excluding hydrogens is 1090 g/mol. The van der Waals surface area contributed by atoms with Crippen LogP contribution in [0.4, 0.5) is 0 Å². The molecule has 6 aromatic rings. The van der Waals surface area contributed by atoms with Crippen LogP contribution in [0.2, 0.25) is 0 Å². The van der Waals surface area contributed by atoms with E-state index in [1.54, 1.807) is 16.7 Å². The van der Waals surface area contributed by atoms with E-state index in [0.29, 0.717) is 43.8 Å². The van der Waals surface area contributed by atoms with Gasteiger partial charge in [0.2, 0.25) is 0 Å². The van der Waals surface area contributed by atoms with Crippen LogP contribution < -0.4 is 0 Å². The summed E-state index contributed by atoms with van der Waals surface area (Å²) in [5, 5.41) is 0. The molecule has 0 aromatic heterocycles. The van der Waals surface area contributed by atoms with Gasteiger partial charge in [-0.25, -0.2) is 0 Å². The molecule has 0 aliphatic heterocycles. The van der Waals surface area contributed by atoms with Gasteiger partial charge in [-0.05, 0) is 247 Å². The predicted molar refractivity (Wildman–Crippen MR) is 415 cm³/mol. The molecule has 0 heterocycles. The summed E-state index contributed by atoms with van der Waals surface area (Å²) in [7, 11) is 0. The molecule has 6 rings (SSSR count). The van der Waals surface area contributed by atoms with E-state index in [9.17, 15) is 0 Å².